The highest BCUT2D eigenvalue weighted by Crippen LogP contribution is 2.27. The van der Waals surface area contributed by atoms with Crippen molar-refractivity contribution in [3.05, 3.63) is 47.5 Å². The number of hydrogen-bond donors (Lipinski definition) is 3. The maximum atomic E-state index is 11.2. The first-order chi connectivity index (χ1) is 9.63. The van der Waals surface area contributed by atoms with Crippen LogP contribution in [0.5, 0.6) is 0 Å². The molecule has 6 heteroatoms. The average Bonchev–Trinajstić information content (AvgIpc) is 2.88. The van der Waals surface area contributed by atoms with Gasteiger partial charge in [0, 0.05) is 11.4 Å². The summed E-state index contributed by atoms with van der Waals surface area (Å²) in [7, 11) is 0. The zero-order valence-electron chi connectivity index (χ0n) is 10.3. The molecule has 0 bridgehead atoms. The van der Waals surface area contributed by atoms with E-state index in [9.17, 15) is 9.90 Å². The summed E-state index contributed by atoms with van der Waals surface area (Å²) in [6, 6.07) is 10.5. The zero-order chi connectivity index (χ0) is 14.1. The van der Waals surface area contributed by atoms with Gasteiger partial charge in [-0.3, -0.25) is 0 Å². The first-order valence-corrected chi connectivity index (χ1v) is 6.74. The molecule has 0 aliphatic rings. The van der Waals surface area contributed by atoms with Crippen molar-refractivity contribution in [2.45, 2.75) is 0 Å². The lowest BCUT2D eigenvalue weighted by Gasteiger charge is -2.10. The lowest BCUT2D eigenvalue weighted by molar-refractivity contribution is 0.0698. The molecule has 2 aromatic carbocycles. The van der Waals surface area contributed by atoms with Gasteiger partial charge in [-0.25, -0.2) is 9.78 Å². The molecule has 3 rings (SSSR count). The van der Waals surface area contributed by atoms with E-state index in [1.807, 2.05) is 18.2 Å². The van der Waals surface area contributed by atoms with Crippen LogP contribution in [0, 0.1) is 0 Å². The number of nitrogens with two attached hydrogens (primary N) is 1. The number of carboxylic acid groups (broad SMARTS) is 1. The summed E-state index contributed by atoms with van der Waals surface area (Å²) in [5.41, 5.74) is 10.2. The van der Waals surface area contributed by atoms with E-state index in [0.29, 0.717) is 11.4 Å². The number of aromatic carboxylic acids is 1. The van der Waals surface area contributed by atoms with Gasteiger partial charge in [-0.05, 0) is 36.4 Å². The Morgan fingerprint density at radius 1 is 1.25 bits per heavy atom. The number of nitrogens with one attached hydrogen (secondary N) is 1. The second-order valence-electron chi connectivity index (χ2n) is 4.27. The van der Waals surface area contributed by atoms with Gasteiger partial charge in [-0.15, -0.1) is 11.3 Å². The van der Waals surface area contributed by atoms with Gasteiger partial charge < -0.3 is 16.2 Å². The van der Waals surface area contributed by atoms with Gasteiger partial charge in [-0.2, -0.15) is 0 Å². The molecule has 20 heavy (non-hydrogen) atoms. The molecule has 1 heterocycles. The molecule has 0 saturated heterocycles. The summed E-state index contributed by atoms with van der Waals surface area (Å²) in [6.07, 6.45) is 0. The Bertz CT molecular complexity index is 798. The molecule has 1 aromatic heterocycles. The molecule has 0 aliphatic heterocycles. The third-order valence-corrected chi connectivity index (χ3v) is 3.68. The minimum Gasteiger partial charge on any atom is -0.478 e. The number of hydrogen-bond acceptors (Lipinski definition) is 5. The van der Waals surface area contributed by atoms with Gasteiger partial charge in [0.2, 0.25) is 0 Å². The largest absolute Gasteiger partial charge is 0.478 e. The van der Waals surface area contributed by atoms with E-state index in [1.54, 1.807) is 17.6 Å². The molecule has 0 atom stereocenters. The highest BCUT2D eigenvalue weighted by atomic mass is 32.1. The number of fused-ring (bicyclic) bond motifs is 1. The van der Waals surface area contributed by atoms with Crippen LogP contribution in [-0.2, 0) is 0 Å². The van der Waals surface area contributed by atoms with Gasteiger partial charge in [0.05, 0.1) is 27.0 Å². The predicted molar refractivity (Wildman–Crippen MR) is 80.7 cm³/mol. The molecule has 0 unspecified atom stereocenters. The van der Waals surface area contributed by atoms with Crippen LogP contribution >= 0.6 is 11.3 Å². The normalized spacial score (nSPS) is 10.6. The van der Waals surface area contributed by atoms with Crippen molar-refractivity contribution >= 4 is 44.6 Å². The molecule has 0 saturated carbocycles. The van der Waals surface area contributed by atoms with E-state index in [4.69, 9.17) is 5.73 Å². The van der Waals surface area contributed by atoms with Gasteiger partial charge in [0.25, 0.3) is 0 Å². The molecule has 0 amide bonds. The van der Waals surface area contributed by atoms with Crippen LogP contribution in [0.1, 0.15) is 10.4 Å². The van der Waals surface area contributed by atoms with Gasteiger partial charge in [0.15, 0.2) is 0 Å². The van der Waals surface area contributed by atoms with Crippen LogP contribution in [0.3, 0.4) is 0 Å². The molecule has 0 spiro atoms. The molecule has 0 fully saturated rings. The van der Waals surface area contributed by atoms with E-state index in [0.717, 1.165) is 15.9 Å². The van der Waals surface area contributed by atoms with Crippen molar-refractivity contribution in [3.63, 3.8) is 0 Å². The summed E-state index contributed by atoms with van der Waals surface area (Å²) in [4.78, 5) is 15.4. The monoisotopic (exact) mass is 285 g/mol. The molecular weight excluding hydrogens is 274 g/mol. The smallest absolute Gasteiger partial charge is 0.337 e. The quantitative estimate of drug-likeness (QED) is 0.642. The first-order valence-electron chi connectivity index (χ1n) is 5.86. The Labute approximate surface area is 118 Å². The average molecular weight is 285 g/mol. The summed E-state index contributed by atoms with van der Waals surface area (Å²) in [6.45, 7) is 0. The minimum atomic E-state index is -1.02. The standard InChI is InChI=1S/C14H11N3O2S/c15-8-1-3-11(10(5-8)14(18)19)17-9-2-4-12-13(6-9)20-7-16-12/h1-7,17H,15H2,(H,18,19). The summed E-state index contributed by atoms with van der Waals surface area (Å²) in [5.74, 6) is -1.02. The Morgan fingerprint density at radius 2 is 2.10 bits per heavy atom. The van der Waals surface area contributed by atoms with Crippen LogP contribution < -0.4 is 11.1 Å². The van der Waals surface area contributed by atoms with Crippen molar-refractivity contribution in [1.82, 2.24) is 4.98 Å². The second kappa shape index (κ2) is 4.82. The van der Waals surface area contributed by atoms with E-state index < -0.39 is 5.97 Å². The van der Waals surface area contributed by atoms with E-state index >= 15 is 0 Å². The molecule has 3 aromatic rings. The van der Waals surface area contributed by atoms with Crippen molar-refractivity contribution in [2.24, 2.45) is 0 Å². The van der Waals surface area contributed by atoms with E-state index in [2.05, 4.69) is 10.3 Å². The number of carbonyl (C=O) groups is 1. The lowest BCUT2D eigenvalue weighted by atomic mass is 10.1. The Balaban J connectivity index is 1.99. The summed E-state index contributed by atoms with van der Waals surface area (Å²) in [5, 5.41) is 12.3. The van der Waals surface area contributed by atoms with Gasteiger partial charge in [-0.1, -0.05) is 0 Å². The lowest BCUT2D eigenvalue weighted by Crippen LogP contribution is -2.03. The van der Waals surface area contributed by atoms with Crippen LogP contribution in [0.15, 0.2) is 41.9 Å². The SMILES string of the molecule is Nc1ccc(Nc2ccc3ncsc3c2)c(C(=O)O)c1. The molecule has 100 valence electrons. The fourth-order valence-corrected chi connectivity index (χ4v) is 2.65. The number of rotatable bonds is 3. The summed E-state index contributed by atoms with van der Waals surface area (Å²) >= 11 is 1.54. The topological polar surface area (TPSA) is 88.2 Å². The fourth-order valence-electron chi connectivity index (χ4n) is 1.94. The van der Waals surface area contributed by atoms with Crippen LogP contribution in [0.25, 0.3) is 10.2 Å². The Kier molecular flexibility index (Phi) is 3.00. The minimum absolute atomic E-state index is 0.148. The third-order valence-electron chi connectivity index (χ3n) is 2.88. The zero-order valence-corrected chi connectivity index (χ0v) is 11.1. The van der Waals surface area contributed by atoms with Crippen LogP contribution in [0.2, 0.25) is 0 Å². The Hall–Kier alpha value is -2.60. The molecule has 4 N–H and O–H groups in total. The van der Waals surface area contributed by atoms with E-state index in [1.165, 1.54) is 17.4 Å². The van der Waals surface area contributed by atoms with E-state index in [-0.39, 0.29) is 5.56 Å². The third kappa shape index (κ3) is 2.28. The molecule has 0 radical (unpaired) electrons. The molecule has 5 nitrogen and oxygen atoms in total. The second-order valence-corrected chi connectivity index (χ2v) is 5.16. The summed E-state index contributed by atoms with van der Waals surface area (Å²) < 4.78 is 1.04. The van der Waals surface area contributed by atoms with Crippen molar-refractivity contribution in [3.8, 4) is 0 Å². The number of thiazole rings is 1. The number of carboxylic acids is 1. The highest BCUT2D eigenvalue weighted by Gasteiger charge is 2.11. The van der Waals surface area contributed by atoms with Crippen molar-refractivity contribution in [2.75, 3.05) is 11.1 Å². The number of benzene rings is 2. The van der Waals surface area contributed by atoms with Crippen LogP contribution in [-0.4, -0.2) is 16.1 Å². The molecule has 0 aliphatic carbocycles. The first kappa shape index (κ1) is 12.4. The van der Waals surface area contributed by atoms with Crippen molar-refractivity contribution < 1.29 is 9.90 Å². The maximum absolute atomic E-state index is 11.2. The van der Waals surface area contributed by atoms with Crippen molar-refractivity contribution in [1.29, 1.82) is 0 Å². The number of nitrogen functional groups attached to an aromatic ring is 1. The Morgan fingerprint density at radius 3 is 2.90 bits per heavy atom. The van der Waals surface area contributed by atoms with Gasteiger partial charge >= 0.3 is 5.97 Å². The molecular formula is C14H11N3O2S. The van der Waals surface area contributed by atoms with Crippen LogP contribution in [0.4, 0.5) is 17.1 Å². The number of aromatic nitrogens is 1. The fraction of sp³-hybridized carbons (Fsp3) is 0. The predicted octanol–water partition coefficient (Wildman–Crippen LogP) is 3.32. The number of anilines is 3. The number of nitrogens with zero attached hydrogens (tertiary/aromatic N) is 1. The van der Waals surface area contributed by atoms with Gasteiger partial charge in [0.1, 0.15) is 0 Å². The maximum Gasteiger partial charge on any atom is 0.337 e. The highest BCUT2D eigenvalue weighted by molar-refractivity contribution is 7.16.